The van der Waals surface area contributed by atoms with Crippen molar-refractivity contribution in [2.24, 2.45) is 11.5 Å². The molecule has 0 bridgehead atoms. The fourth-order valence-corrected chi connectivity index (χ4v) is 2.52. The zero-order chi connectivity index (χ0) is 22.9. The molecule has 0 fully saturated rings. The van der Waals surface area contributed by atoms with Crippen LogP contribution in [0.5, 0.6) is 0 Å². The summed E-state index contributed by atoms with van der Waals surface area (Å²) in [6.07, 6.45) is 3.71. The van der Waals surface area contributed by atoms with Crippen molar-refractivity contribution in [1.82, 2.24) is 30.9 Å². The molecule has 0 aliphatic carbocycles. The van der Waals surface area contributed by atoms with Crippen molar-refractivity contribution < 1.29 is 23.9 Å². The Morgan fingerprint density at radius 2 is 1.90 bits per heavy atom. The van der Waals surface area contributed by atoms with Gasteiger partial charge in [-0.25, -0.2) is 4.68 Å². The molecule has 0 aliphatic rings. The number of nitrogens with one attached hydrogen (secondary N) is 3. The van der Waals surface area contributed by atoms with E-state index in [-0.39, 0.29) is 25.0 Å². The van der Waals surface area contributed by atoms with Crippen molar-refractivity contribution in [3.8, 4) is 0 Å². The molecule has 0 radical (unpaired) electrons. The Balaban J connectivity index is 2.10. The van der Waals surface area contributed by atoms with Crippen LogP contribution in [0.2, 0.25) is 0 Å². The minimum atomic E-state index is -0.655. The van der Waals surface area contributed by atoms with E-state index in [1.165, 1.54) is 7.05 Å². The molecule has 0 unspecified atom stereocenters. The Morgan fingerprint density at radius 3 is 2.58 bits per heavy atom. The first-order valence-electron chi connectivity index (χ1n) is 10.2. The Labute approximate surface area is 181 Å². The van der Waals surface area contributed by atoms with Gasteiger partial charge in [0.15, 0.2) is 0 Å². The van der Waals surface area contributed by atoms with Gasteiger partial charge in [0, 0.05) is 26.3 Å². The summed E-state index contributed by atoms with van der Waals surface area (Å²) < 4.78 is 12.1. The van der Waals surface area contributed by atoms with Crippen molar-refractivity contribution in [2.45, 2.75) is 38.4 Å². The molecule has 7 N–H and O–H groups in total. The standard InChI is InChI=1S/C18H34N8O5/c1-21-18(29)15(4-2-3-5-19)23-17(28)13-31-12-16(27)22-6-8-30-9-7-26-11-14(10-20)24-25-26/h11,15H,2-10,12-13,19-20H2,1H3,(H,21,29)(H,22,27)(H,23,28)/t15-/m1/s1. The number of hydrogen-bond acceptors (Lipinski definition) is 9. The third kappa shape index (κ3) is 12.0. The van der Waals surface area contributed by atoms with E-state index in [1.54, 1.807) is 10.9 Å². The van der Waals surface area contributed by atoms with Crippen molar-refractivity contribution in [3.05, 3.63) is 11.9 Å². The minimum Gasteiger partial charge on any atom is -0.378 e. The highest BCUT2D eigenvalue weighted by atomic mass is 16.5. The lowest BCUT2D eigenvalue weighted by Gasteiger charge is -2.17. The third-order valence-corrected chi connectivity index (χ3v) is 4.14. The summed E-state index contributed by atoms with van der Waals surface area (Å²) in [7, 11) is 1.50. The van der Waals surface area contributed by atoms with E-state index in [2.05, 4.69) is 26.3 Å². The fourth-order valence-electron chi connectivity index (χ4n) is 2.52. The number of unbranched alkanes of at least 4 members (excludes halogenated alkanes) is 1. The number of carbonyl (C=O) groups is 3. The highest BCUT2D eigenvalue weighted by Gasteiger charge is 2.19. The summed E-state index contributed by atoms with van der Waals surface area (Å²) in [6.45, 7) is 1.83. The van der Waals surface area contributed by atoms with Crippen LogP contribution in [0.3, 0.4) is 0 Å². The number of hydrogen-bond donors (Lipinski definition) is 5. The summed E-state index contributed by atoms with van der Waals surface area (Å²) in [6, 6.07) is -0.655. The predicted molar refractivity (Wildman–Crippen MR) is 111 cm³/mol. The van der Waals surface area contributed by atoms with Crippen LogP contribution in [0.15, 0.2) is 6.20 Å². The van der Waals surface area contributed by atoms with Gasteiger partial charge in [0.25, 0.3) is 0 Å². The summed E-state index contributed by atoms with van der Waals surface area (Å²) in [5.74, 6) is -1.12. The van der Waals surface area contributed by atoms with Gasteiger partial charge < -0.3 is 36.9 Å². The number of ether oxygens (including phenoxy) is 2. The maximum Gasteiger partial charge on any atom is 0.246 e. The highest BCUT2D eigenvalue weighted by molar-refractivity contribution is 5.88. The Hall–Kier alpha value is -2.61. The molecule has 0 aromatic carbocycles. The smallest absolute Gasteiger partial charge is 0.246 e. The largest absolute Gasteiger partial charge is 0.378 e. The first kappa shape index (κ1) is 26.4. The summed E-state index contributed by atoms with van der Waals surface area (Å²) in [5.41, 5.74) is 11.6. The molecule has 3 amide bonds. The monoisotopic (exact) mass is 442 g/mol. The van der Waals surface area contributed by atoms with Crippen LogP contribution in [0, 0.1) is 0 Å². The Bertz CT molecular complexity index is 669. The van der Waals surface area contributed by atoms with E-state index in [0.29, 0.717) is 57.9 Å². The molecule has 13 nitrogen and oxygen atoms in total. The molecule has 1 heterocycles. The van der Waals surface area contributed by atoms with E-state index < -0.39 is 11.9 Å². The van der Waals surface area contributed by atoms with Gasteiger partial charge in [0.1, 0.15) is 19.3 Å². The van der Waals surface area contributed by atoms with E-state index in [0.717, 1.165) is 6.42 Å². The van der Waals surface area contributed by atoms with Gasteiger partial charge in [-0.05, 0) is 25.8 Å². The second kappa shape index (κ2) is 16.1. The number of nitrogens with two attached hydrogens (primary N) is 2. The average Bonchev–Trinajstić information content (AvgIpc) is 3.23. The van der Waals surface area contributed by atoms with Gasteiger partial charge in [0.05, 0.1) is 25.5 Å². The molecule has 176 valence electrons. The number of rotatable bonds is 17. The maximum absolute atomic E-state index is 11.9. The molecule has 0 spiro atoms. The number of likely N-dealkylation sites (N-methyl/N-ethyl adjacent to an activating group) is 1. The molecule has 0 saturated heterocycles. The molecular weight excluding hydrogens is 408 g/mol. The highest BCUT2D eigenvalue weighted by Crippen LogP contribution is 2.01. The molecular formula is C18H34N8O5. The number of carbonyl (C=O) groups excluding carboxylic acids is 3. The number of nitrogens with zero attached hydrogens (tertiary/aromatic N) is 3. The van der Waals surface area contributed by atoms with Gasteiger partial charge in [-0.2, -0.15) is 0 Å². The van der Waals surface area contributed by atoms with Gasteiger partial charge in [-0.1, -0.05) is 5.21 Å². The van der Waals surface area contributed by atoms with Gasteiger partial charge in [0.2, 0.25) is 17.7 Å². The number of aromatic nitrogens is 3. The summed E-state index contributed by atoms with van der Waals surface area (Å²) >= 11 is 0. The lowest BCUT2D eigenvalue weighted by Crippen LogP contribution is -2.47. The SMILES string of the molecule is CNC(=O)[C@@H](CCCCN)NC(=O)COCC(=O)NCCOCCn1cc(CN)nn1. The van der Waals surface area contributed by atoms with Gasteiger partial charge >= 0.3 is 0 Å². The van der Waals surface area contributed by atoms with Crippen molar-refractivity contribution >= 4 is 17.7 Å². The zero-order valence-electron chi connectivity index (χ0n) is 18.0. The van der Waals surface area contributed by atoms with Crippen LogP contribution in [-0.2, 0) is 36.9 Å². The zero-order valence-corrected chi connectivity index (χ0v) is 18.0. The van der Waals surface area contributed by atoms with E-state index in [1.807, 2.05) is 0 Å². The predicted octanol–water partition coefficient (Wildman–Crippen LogP) is -2.75. The van der Waals surface area contributed by atoms with Crippen LogP contribution in [0.25, 0.3) is 0 Å². The fraction of sp³-hybridized carbons (Fsp3) is 0.722. The van der Waals surface area contributed by atoms with Gasteiger partial charge in [-0.15, -0.1) is 5.10 Å². The molecule has 0 aliphatic heterocycles. The average molecular weight is 443 g/mol. The lowest BCUT2D eigenvalue weighted by atomic mass is 10.1. The van der Waals surface area contributed by atoms with Crippen LogP contribution >= 0.6 is 0 Å². The molecule has 1 aromatic heterocycles. The molecule has 1 atom stereocenters. The summed E-state index contributed by atoms with van der Waals surface area (Å²) in [4.78, 5) is 35.5. The van der Waals surface area contributed by atoms with Crippen LogP contribution in [0.1, 0.15) is 25.0 Å². The van der Waals surface area contributed by atoms with Crippen molar-refractivity contribution in [3.63, 3.8) is 0 Å². The summed E-state index contributed by atoms with van der Waals surface area (Å²) in [5, 5.41) is 15.5. The van der Waals surface area contributed by atoms with E-state index in [4.69, 9.17) is 20.9 Å². The molecule has 31 heavy (non-hydrogen) atoms. The minimum absolute atomic E-state index is 0.272. The van der Waals surface area contributed by atoms with Gasteiger partial charge in [-0.3, -0.25) is 14.4 Å². The van der Waals surface area contributed by atoms with E-state index in [9.17, 15) is 14.4 Å². The van der Waals surface area contributed by atoms with Crippen LogP contribution in [-0.4, -0.2) is 85.3 Å². The number of amides is 3. The quantitative estimate of drug-likeness (QED) is 0.159. The second-order valence-corrected chi connectivity index (χ2v) is 6.65. The lowest BCUT2D eigenvalue weighted by molar-refractivity contribution is -0.134. The topological polar surface area (TPSA) is 189 Å². The maximum atomic E-state index is 11.9. The van der Waals surface area contributed by atoms with Crippen LogP contribution in [0.4, 0.5) is 0 Å². The molecule has 1 aromatic rings. The molecule has 1 rings (SSSR count). The Kier molecular flexibility index (Phi) is 13.7. The molecule has 13 heteroatoms. The van der Waals surface area contributed by atoms with Crippen LogP contribution < -0.4 is 27.4 Å². The first-order chi connectivity index (χ1) is 15.0. The Morgan fingerprint density at radius 1 is 1.13 bits per heavy atom. The van der Waals surface area contributed by atoms with Crippen molar-refractivity contribution in [1.29, 1.82) is 0 Å². The second-order valence-electron chi connectivity index (χ2n) is 6.65. The van der Waals surface area contributed by atoms with E-state index >= 15 is 0 Å². The van der Waals surface area contributed by atoms with Crippen molar-refractivity contribution in [2.75, 3.05) is 46.6 Å². The third-order valence-electron chi connectivity index (χ3n) is 4.14. The molecule has 0 saturated carbocycles. The normalized spacial score (nSPS) is 11.7. The first-order valence-corrected chi connectivity index (χ1v) is 10.2.